The highest BCUT2D eigenvalue weighted by atomic mass is 35.5. The molecule has 1 aromatic rings. The molecule has 0 unspecified atom stereocenters. The highest BCUT2D eigenvalue weighted by molar-refractivity contribution is 6.30. The summed E-state index contributed by atoms with van der Waals surface area (Å²) in [5.41, 5.74) is 1.18. The molecule has 3 heteroatoms. The number of benzene rings is 1. The van der Waals surface area contributed by atoms with Crippen molar-refractivity contribution in [1.29, 1.82) is 0 Å². The Labute approximate surface area is 115 Å². The summed E-state index contributed by atoms with van der Waals surface area (Å²) in [6, 6.07) is 7.82. The van der Waals surface area contributed by atoms with E-state index in [0.29, 0.717) is 6.61 Å². The van der Waals surface area contributed by atoms with E-state index in [-0.39, 0.29) is 0 Å². The third-order valence-electron chi connectivity index (χ3n) is 3.51. The summed E-state index contributed by atoms with van der Waals surface area (Å²) >= 11 is 5.83. The molecule has 1 aliphatic carbocycles. The van der Waals surface area contributed by atoms with Gasteiger partial charge < -0.3 is 10.1 Å². The van der Waals surface area contributed by atoms with Gasteiger partial charge in [-0.2, -0.15) is 0 Å². The molecule has 2 rings (SSSR count). The first-order valence-corrected chi connectivity index (χ1v) is 7.25. The Morgan fingerprint density at radius 2 is 1.89 bits per heavy atom. The van der Waals surface area contributed by atoms with Crippen molar-refractivity contribution in [3.05, 3.63) is 34.9 Å². The molecule has 100 valence electrons. The van der Waals surface area contributed by atoms with Crippen molar-refractivity contribution in [2.24, 2.45) is 5.92 Å². The number of hydrogen-bond acceptors (Lipinski definition) is 2. The first kappa shape index (κ1) is 13.9. The van der Waals surface area contributed by atoms with Gasteiger partial charge in [0.1, 0.15) is 0 Å². The second kappa shape index (κ2) is 7.78. The van der Waals surface area contributed by atoms with E-state index in [1.54, 1.807) is 0 Å². The quantitative estimate of drug-likeness (QED) is 0.762. The summed E-state index contributed by atoms with van der Waals surface area (Å²) in [7, 11) is 0. The zero-order valence-corrected chi connectivity index (χ0v) is 11.6. The van der Waals surface area contributed by atoms with Crippen LogP contribution in [0, 0.1) is 5.92 Å². The van der Waals surface area contributed by atoms with Crippen molar-refractivity contribution in [2.75, 3.05) is 19.7 Å². The standard InChI is InChI=1S/C15H22ClNO/c16-15-7-5-14(6-8-15)12-18-10-9-17-11-13-3-1-2-4-13/h5-8,13,17H,1-4,9-12H2. The van der Waals surface area contributed by atoms with Gasteiger partial charge in [0.15, 0.2) is 0 Å². The van der Waals surface area contributed by atoms with Gasteiger partial charge in [-0.3, -0.25) is 0 Å². The maximum Gasteiger partial charge on any atom is 0.0717 e. The highest BCUT2D eigenvalue weighted by Gasteiger charge is 2.13. The summed E-state index contributed by atoms with van der Waals surface area (Å²) in [4.78, 5) is 0. The molecule has 1 aliphatic rings. The van der Waals surface area contributed by atoms with E-state index in [1.165, 1.54) is 31.2 Å². The maximum atomic E-state index is 5.83. The highest BCUT2D eigenvalue weighted by Crippen LogP contribution is 2.23. The predicted molar refractivity (Wildman–Crippen MR) is 75.9 cm³/mol. The molecule has 0 atom stereocenters. The van der Waals surface area contributed by atoms with Gasteiger partial charge in [-0.1, -0.05) is 36.6 Å². The number of hydrogen-bond donors (Lipinski definition) is 1. The molecule has 0 aliphatic heterocycles. The Bertz CT molecular complexity index is 333. The summed E-state index contributed by atoms with van der Waals surface area (Å²) in [6.45, 7) is 3.55. The molecule has 0 amide bonds. The lowest BCUT2D eigenvalue weighted by atomic mass is 10.1. The maximum absolute atomic E-state index is 5.83. The van der Waals surface area contributed by atoms with Gasteiger partial charge in [-0.15, -0.1) is 0 Å². The summed E-state index contributed by atoms with van der Waals surface area (Å²) in [5, 5.41) is 4.25. The van der Waals surface area contributed by atoms with Crippen molar-refractivity contribution in [2.45, 2.75) is 32.3 Å². The molecular weight excluding hydrogens is 246 g/mol. The third-order valence-corrected chi connectivity index (χ3v) is 3.76. The van der Waals surface area contributed by atoms with Crippen molar-refractivity contribution >= 4 is 11.6 Å². The van der Waals surface area contributed by atoms with Gasteiger partial charge in [0.05, 0.1) is 13.2 Å². The first-order valence-electron chi connectivity index (χ1n) is 6.87. The van der Waals surface area contributed by atoms with Crippen LogP contribution in [0.25, 0.3) is 0 Å². The molecule has 0 radical (unpaired) electrons. The Balaban J connectivity index is 1.49. The summed E-state index contributed by atoms with van der Waals surface area (Å²) in [5.74, 6) is 0.904. The predicted octanol–water partition coefficient (Wildman–Crippen LogP) is 3.64. The Kier molecular flexibility index (Phi) is 5.98. The number of rotatable bonds is 7. The smallest absolute Gasteiger partial charge is 0.0717 e. The zero-order valence-electron chi connectivity index (χ0n) is 10.8. The van der Waals surface area contributed by atoms with Gasteiger partial charge in [-0.25, -0.2) is 0 Å². The molecule has 0 heterocycles. The molecule has 0 saturated heterocycles. The SMILES string of the molecule is Clc1ccc(COCCNCC2CCCC2)cc1. The van der Waals surface area contributed by atoms with Crippen LogP contribution in [-0.2, 0) is 11.3 Å². The molecule has 0 bridgehead atoms. The van der Waals surface area contributed by atoms with Gasteiger partial charge in [0.2, 0.25) is 0 Å². The molecule has 1 aromatic carbocycles. The molecular formula is C15H22ClNO. The van der Waals surface area contributed by atoms with Crippen LogP contribution in [0.5, 0.6) is 0 Å². The van der Waals surface area contributed by atoms with E-state index >= 15 is 0 Å². The van der Waals surface area contributed by atoms with E-state index in [0.717, 1.165) is 30.6 Å². The minimum absolute atomic E-state index is 0.669. The lowest BCUT2D eigenvalue weighted by molar-refractivity contribution is 0.122. The van der Waals surface area contributed by atoms with Crippen LogP contribution in [0.2, 0.25) is 5.02 Å². The van der Waals surface area contributed by atoms with Crippen molar-refractivity contribution < 1.29 is 4.74 Å². The second-order valence-corrected chi connectivity index (χ2v) is 5.47. The van der Waals surface area contributed by atoms with E-state index < -0.39 is 0 Å². The monoisotopic (exact) mass is 267 g/mol. The molecule has 18 heavy (non-hydrogen) atoms. The average molecular weight is 268 g/mol. The van der Waals surface area contributed by atoms with Crippen LogP contribution < -0.4 is 5.32 Å². The minimum atomic E-state index is 0.669. The van der Waals surface area contributed by atoms with Gasteiger partial charge in [0.25, 0.3) is 0 Å². The number of halogens is 1. The lowest BCUT2D eigenvalue weighted by Gasteiger charge is -2.10. The molecule has 1 saturated carbocycles. The summed E-state index contributed by atoms with van der Waals surface area (Å²) in [6.07, 6.45) is 5.64. The molecule has 0 aromatic heterocycles. The lowest BCUT2D eigenvalue weighted by Crippen LogP contribution is -2.25. The van der Waals surface area contributed by atoms with E-state index in [4.69, 9.17) is 16.3 Å². The minimum Gasteiger partial charge on any atom is -0.375 e. The van der Waals surface area contributed by atoms with Crippen LogP contribution in [0.1, 0.15) is 31.2 Å². The van der Waals surface area contributed by atoms with Crippen molar-refractivity contribution in [3.8, 4) is 0 Å². The van der Waals surface area contributed by atoms with E-state index in [2.05, 4.69) is 5.32 Å². The van der Waals surface area contributed by atoms with E-state index in [9.17, 15) is 0 Å². The Morgan fingerprint density at radius 3 is 2.61 bits per heavy atom. The van der Waals surface area contributed by atoms with Crippen molar-refractivity contribution in [3.63, 3.8) is 0 Å². The van der Waals surface area contributed by atoms with Gasteiger partial charge in [-0.05, 0) is 43.0 Å². The Hall–Kier alpha value is -0.570. The molecule has 2 nitrogen and oxygen atoms in total. The second-order valence-electron chi connectivity index (χ2n) is 5.03. The average Bonchev–Trinajstić information content (AvgIpc) is 2.89. The molecule has 1 fully saturated rings. The molecule has 1 N–H and O–H groups in total. The first-order chi connectivity index (χ1) is 8.84. The van der Waals surface area contributed by atoms with Crippen LogP contribution in [0.15, 0.2) is 24.3 Å². The fourth-order valence-corrected chi connectivity index (χ4v) is 2.56. The fourth-order valence-electron chi connectivity index (χ4n) is 2.44. The largest absolute Gasteiger partial charge is 0.375 e. The van der Waals surface area contributed by atoms with Gasteiger partial charge in [0, 0.05) is 11.6 Å². The van der Waals surface area contributed by atoms with Gasteiger partial charge >= 0.3 is 0 Å². The zero-order chi connectivity index (χ0) is 12.6. The van der Waals surface area contributed by atoms with Crippen LogP contribution in [0.3, 0.4) is 0 Å². The van der Waals surface area contributed by atoms with Crippen LogP contribution in [0.4, 0.5) is 0 Å². The number of ether oxygens (including phenoxy) is 1. The fraction of sp³-hybridized carbons (Fsp3) is 0.600. The summed E-state index contributed by atoms with van der Waals surface area (Å²) < 4.78 is 5.62. The normalized spacial score (nSPS) is 16.3. The van der Waals surface area contributed by atoms with Crippen LogP contribution in [-0.4, -0.2) is 19.7 Å². The van der Waals surface area contributed by atoms with Crippen molar-refractivity contribution in [1.82, 2.24) is 5.32 Å². The Morgan fingerprint density at radius 1 is 1.17 bits per heavy atom. The number of nitrogens with one attached hydrogen (secondary N) is 1. The van der Waals surface area contributed by atoms with Crippen LogP contribution >= 0.6 is 11.6 Å². The molecule has 0 spiro atoms. The van der Waals surface area contributed by atoms with E-state index in [1.807, 2.05) is 24.3 Å². The topological polar surface area (TPSA) is 21.3 Å². The third kappa shape index (κ3) is 4.97.